The van der Waals surface area contributed by atoms with Crippen LogP contribution < -0.4 is 10.3 Å². The van der Waals surface area contributed by atoms with Gasteiger partial charge in [-0.05, 0) is 42.3 Å². The minimum Gasteiger partial charge on any atom is -0.497 e. The quantitative estimate of drug-likeness (QED) is 0.363. The van der Waals surface area contributed by atoms with Crippen molar-refractivity contribution in [3.63, 3.8) is 0 Å². The zero-order valence-electron chi connectivity index (χ0n) is 19.4. The fourth-order valence-electron chi connectivity index (χ4n) is 4.55. The van der Waals surface area contributed by atoms with Gasteiger partial charge in [0.1, 0.15) is 23.0 Å². The molecule has 0 aliphatic rings. The summed E-state index contributed by atoms with van der Waals surface area (Å²) in [5, 5.41) is 0.483. The van der Waals surface area contributed by atoms with Gasteiger partial charge in [-0.15, -0.1) is 0 Å². The van der Waals surface area contributed by atoms with Crippen molar-refractivity contribution in [1.82, 2.24) is 24.1 Å². The Balaban J connectivity index is 1.61. The average Bonchev–Trinajstić information content (AvgIpc) is 3.21. The van der Waals surface area contributed by atoms with E-state index >= 15 is 0 Å². The summed E-state index contributed by atoms with van der Waals surface area (Å²) in [6.45, 7) is 2.50. The van der Waals surface area contributed by atoms with Crippen LogP contribution in [-0.2, 0) is 6.54 Å². The maximum Gasteiger partial charge on any atom is 0.265 e. The molecular weight excluding hydrogens is 438 g/mol. The predicted molar refractivity (Wildman–Crippen MR) is 137 cm³/mol. The summed E-state index contributed by atoms with van der Waals surface area (Å²) in [5.74, 6) is 0.790. The third-order valence-electron chi connectivity index (χ3n) is 6.48. The molecule has 172 valence electrons. The van der Waals surface area contributed by atoms with Gasteiger partial charge in [0.25, 0.3) is 5.56 Å². The highest BCUT2D eigenvalue weighted by Crippen LogP contribution is 2.27. The molecule has 0 spiro atoms. The molecule has 3 aromatic carbocycles. The zero-order valence-corrected chi connectivity index (χ0v) is 19.4. The molecule has 0 N–H and O–H groups in total. The zero-order chi connectivity index (χ0) is 23.9. The number of para-hydroxylation sites is 2. The van der Waals surface area contributed by atoms with Gasteiger partial charge in [-0.3, -0.25) is 9.36 Å². The molecule has 3 heterocycles. The van der Waals surface area contributed by atoms with Crippen molar-refractivity contribution in [2.75, 3.05) is 7.11 Å². The molecule has 0 saturated heterocycles. The summed E-state index contributed by atoms with van der Waals surface area (Å²) >= 11 is 0. The van der Waals surface area contributed by atoms with Crippen molar-refractivity contribution in [2.45, 2.75) is 19.5 Å². The molecule has 0 bridgehead atoms. The summed E-state index contributed by atoms with van der Waals surface area (Å²) in [4.78, 5) is 28.4. The number of fused-ring (bicyclic) bond motifs is 4. The van der Waals surface area contributed by atoms with Crippen molar-refractivity contribution >= 4 is 33.2 Å². The second-order valence-electron chi connectivity index (χ2n) is 8.56. The molecule has 0 fully saturated rings. The third-order valence-corrected chi connectivity index (χ3v) is 6.48. The second kappa shape index (κ2) is 8.36. The fourth-order valence-corrected chi connectivity index (χ4v) is 4.55. The minimum atomic E-state index is -0.172. The molecule has 7 heteroatoms. The van der Waals surface area contributed by atoms with Gasteiger partial charge in [0.05, 0.1) is 30.7 Å². The lowest BCUT2D eigenvalue weighted by atomic mass is 10.1. The monoisotopic (exact) mass is 461 g/mol. The molecule has 3 aromatic heterocycles. The highest BCUT2D eigenvalue weighted by molar-refractivity contribution is 6.04. The molecule has 0 aliphatic carbocycles. The molecule has 1 atom stereocenters. The number of aromatic nitrogens is 5. The van der Waals surface area contributed by atoms with Crippen LogP contribution >= 0.6 is 0 Å². The van der Waals surface area contributed by atoms with Crippen LogP contribution in [0.5, 0.6) is 5.75 Å². The average molecular weight is 462 g/mol. The van der Waals surface area contributed by atoms with E-state index < -0.39 is 0 Å². The van der Waals surface area contributed by atoms with E-state index in [1.165, 1.54) is 0 Å². The molecule has 35 heavy (non-hydrogen) atoms. The van der Waals surface area contributed by atoms with Gasteiger partial charge in [-0.25, -0.2) is 15.0 Å². The van der Waals surface area contributed by atoms with Gasteiger partial charge in [0.15, 0.2) is 11.3 Å². The Morgan fingerprint density at radius 2 is 1.54 bits per heavy atom. The first-order chi connectivity index (χ1) is 17.1. The molecule has 6 aromatic rings. The molecule has 0 unspecified atom stereocenters. The number of hydrogen-bond acceptors (Lipinski definition) is 5. The van der Waals surface area contributed by atoms with E-state index in [1.54, 1.807) is 18.0 Å². The van der Waals surface area contributed by atoms with Gasteiger partial charge in [0.2, 0.25) is 0 Å². The van der Waals surface area contributed by atoms with Crippen LogP contribution in [0.3, 0.4) is 0 Å². The first-order valence-electron chi connectivity index (χ1n) is 11.5. The summed E-state index contributed by atoms with van der Waals surface area (Å²) in [6, 6.07) is 25.3. The lowest BCUT2D eigenvalue weighted by Crippen LogP contribution is -2.24. The minimum absolute atomic E-state index is 0.130. The van der Waals surface area contributed by atoms with Crippen LogP contribution in [0.15, 0.2) is 90.0 Å². The number of rotatable bonds is 5. The molecule has 0 amide bonds. The maximum absolute atomic E-state index is 13.9. The van der Waals surface area contributed by atoms with Crippen LogP contribution in [0.2, 0.25) is 0 Å². The normalized spacial score (nSPS) is 12.4. The van der Waals surface area contributed by atoms with Crippen molar-refractivity contribution in [1.29, 1.82) is 0 Å². The first-order valence-corrected chi connectivity index (χ1v) is 11.5. The van der Waals surface area contributed by atoms with Crippen LogP contribution in [0.4, 0.5) is 0 Å². The topological polar surface area (TPSA) is 74.8 Å². The van der Waals surface area contributed by atoms with Crippen molar-refractivity contribution in [3.05, 3.63) is 107 Å². The Morgan fingerprint density at radius 3 is 2.26 bits per heavy atom. The van der Waals surface area contributed by atoms with Crippen molar-refractivity contribution < 1.29 is 4.74 Å². The molecule has 6 rings (SSSR count). The number of nitrogens with zero attached hydrogens (tertiary/aromatic N) is 5. The predicted octanol–water partition coefficient (Wildman–Crippen LogP) is 4.96. The Hall–Kier alpha value is -4.52. The summed E-state index contributed by atoms with van der Waals surface area (Å²) in [7, 11) is 1.65. The van der Waals surface area contributed by atoms with Crippen molar-refractivity contribution in [2.24, 2.45) is 0 Å². The highest BCUT2D eigenvalue weighted by Gasteiger charge is 2.21. The van der Waals surface area contributed by atoms with Gasteiger partial charge >= 0.3 is 0 Å². The van der Waals surface area contributed by atoms with Crippen LogP contribution in [0, 0.1) is 0 Å². The van der Waals surface area contributed by atoms with Crippen molar-refractivity contribution in [3.8, 4) is 5.75 Å². The molecule has 0 radical (unpaired) electrons. The Bertz CT molecular complexity index is 1740. The van der Waals surface area contributed by atoms with E-state index in [0.717, 1.165) is 27.9 Å². The molecule has 7 nitrogen and oxygen atoms in total. The van der Waals surface area contributed by atoms with Gasteiger partial charge < -0.3 is 9.30 Å². The van der Waals surface area contributed by atoms with E-state index in [4.69, 9.17) is 19.7 Å². The SMILES string of the molecule is COc1ccc(Cn2c3nc4ccccc4nc3c3c(=O)n([C@@H](C)c4ccccc4)cnc32)cc1. The number of ether oxygens (including phenoxy) is 1. The van der Waals surface area contributed by atoms with Crippen LogP contribution in [0.25, 0.3) is 33.2 Å². The van der Waals surface area contributed by atoms with Crippen LogP contribution in [0.1, 0.15) is 24.1 Å². The number of benzene rings is 3. The fraction of sp³-hybridized carbons (Fsp3) is 0.143. The summed E-state index contributed by atoms with van der Waals surface area (Å²) < 4.78 is 8.94. The summed E-state index contributed by atoms with van der Waals surface area (Å²) in [5.41, 5.74) is 5.26. The largest absolute Gasteiger partial charge is 0.497 e. The third kappa shape index (κ3) is 3.52. The number of hydrogen-bond donors (Lipinski definition) is 0. The van der Waals surface area contributed by atoms with Crippen LogP contribution in [-0.4, -0.2) is 31.2 Å². The molecule has 0 saturated carbocycles. The van der Waals surface area contributed by atoms with Gasteiger partial charge in [-0.2, -0.15) is 0 Å². The van der Waals surface area contributed by atoms with E-state index in [-0.39, 0.29) is 11.6 Å². The standard InChI is InChI=1S/C28H23N5O2/c1-18(20-8-4-3-5-9-20)33-17-29-26-24(28(33)34)25-27(31-23-11-7-6-10-22(23)30-25)32(26)16-19-12-14-21(35-2)15-13-19/h3-15,17-18H,16H2,1-2H3/t18-/m0/s1. The molecular formula is C28H23N5O2. The Morgan fingerprint density at radius 1 is 0.857 bits per heavy atom. The van der Waals surface area contributed by atoms with E-state index in [9.17, 15) is 4.79 Å². The lowest BCUT2D eigenvalue weighted by molar-refractivity contribution is 0.414. The van der Waals surface area contributed by atoms with E-state index in [1.807, 2.05) is 90.4 Å². The first kappa shape index (κ1) is 21.0. The maximum atomic E-state index is 13.9. The highest BCUT2D eigenvalue weighted by atomic mass is 16.5. The van der Waals surface area contributed by atoms with E-state index in [0.29, 0.717) is 28.7 Å². The Labute approximate surface area is 201 Å². The van der Waals surface area contributed by atoms with E-state index in [2.05, 4.69) is 0 Å². The number of methoxy groups -OCH3 is 1. The smallest absolute Gasteiger partial charge is 0.265 e. The summed E-state index contributed by atoms with van der Waals surface area (Å²) in [6.07, 6.45) is 1.63. The van der Waals surface area contributed by atoms with Gasteiger partial charge in [-0.1, -0.05) is 54.6 Å². The molecule has 0 aliphatic heterocycles. The Kier molecular flexibility index (Phi) is 5.03. The lowest BCUT2D eigenvalue weighted by Gasteiger charge is -2.15. The second-order valence-corrected chi connectivity index (χ2v) is 8.56. The van der Waals surface area contributed by atoms with Gasteiger partial charge in [0, 0.05) is 0 Å².